The van der Waals surface area contributed by atoms with E-state index in [0.717, 1.165) is 17.3 Å². The van der Waals surface area contributed by atoms with Crippen molar-refractivity contribution in [2.45, 2.75) is 6.17 Å². The van der Waals surface area contributed by atoms with Crippen molar-refractivity contribution in [3.8, 4) is 17.3 Å². The van der Waals surface area contributed by atoms with Gasteiger partial charge in [-0.3, -0.25) is 4.79 Å². The van der Waals surface area contributed by atoms with Gasteiger partial charge in [0.05, 0.1) is 30.8 Å². The molecule has 5 heterocycles. The number of halogens is 1. The molecule has 1 atom stereocenters. The van der Waals surface area contributed by atoms with Crippen molar-refractivity contribution in [1.82, 2.24) is 25.0 Å². The molecule has 12 nitrogen and oxygen atoms in total. The number of anilines is 3. The van der Waals surface area contributed by atoms with E-state index in [2.05, 4.69) is 25.8 Å². The van der Waals surface area contributed by atoms with Crippen LogP contribution in [0.25, 0.3) is 17.3 Å². The zero-order chi connectivity index (χ0) is 28.5. The molecule has 3 aromatic heterocycles. The van der Waals surface area contributed by atoms with Gasteiger partial charge in [-0.25, -0.2) is 19.0 Å². The normalized spacial score (nSPS) is 16.8. The van der Waals surface area contributed by atoms with Crippen LogP contribution in [0.2, 0.25) is 0 Å². The second-order valence-corrected chi connectivity index (χ2v) is 9.58. The summed E-state index contributed by atoms with van der Waals surface area (Å²) in [7, 11) is 0. The minimum Gasteiger partial charge on any atom is -0.403 e. The SMILES string of the molecule is O=C1Nc2ccccc2C(c2ccccc2)=N[C@@H]1Nc1nnc(-c2cn(-c3ccc(F)cn3)nc2N2CCOCC2)o1. The summed E-state index contributed by atoms with van der Waals surface area (Å²) in [6.45, 7) is 2.30. The van der Waals surface area contributed by atoms with Crippen LogP contribution in [-0.4, -0.2) is 69.0 Å². The third-order valence-corrected chi connectivity index (χ3v) is 6.86. The van der Waals surface area contributed by atoms with E-state index in [9.17, 15) is 9.18 Å². The highest BCUT2D eigenvalue weighted by Crippen LogP contribution is 2.32. The van der Waals surface area contributed by atoms with Gasteiger partial charge >= 0.3 is 6.01 Å². The Hall–Kier alpha value is -5.43. The summed E-state index contributed by atoms with van der Waals surface area (Å²) in [5.74, 6) is 0.365. The molecule has 2 aliphatic heterocycles. The lowest BCUT2D eigenvalue weighted by Crippen LogP contribution is -2.36. The minimum absolute atomic E-state index is 0.00727. The topological polar surface area (TPSA) is 136 Å². The van der Waals surface area contributed by atoms with Gasteiger partial charge in [0.15, 0.2) is 11.6 Å². The number of nitrogens with one attached hydrogen (secondary N) is 2. The number of aliphatic imine (C=N–C) groups is 1. The number of hydrogen-bond acceptors (Lipinski definition) is 10. The van der Waals surface area contributed by atoms with Crippen LogP contribution in [0.3, 0.4) is 0 Å². The number of amides is 1. The number of carbonyl (C=O) groups is 1. The molecule has 5 aromatic rings. The monoisotopic (exact) mass is 565 g/mol. The van der Waals surface area contributed by atoms with Gasteiger partial charge in [0, 0.05) is 30.4 Å². The highest BCUT2D eigenvalue weighted by Gasteiger charge is 2.28. The van der Waals surface area contributed by atoms with E-state index in [1.807, 2.05) is 59.5 Å². The van der Waals surface area contributed by atoms with E-state index in [1.54, 1.807) is 6.20 Å². The van der Waals surface area contributed by atoms with Crippen molar-refractivity contribution >= 4 is 29.1 Å². The number of benzodiazepines with no additional fused rings is 1. The molecule has 0 unspecified atom stereocenters. The summed E-state index contributed by atoms with van der Waals surface area (Å²) >= 11 is 0. The van der Waals surface area contributed by atoms with Crippen LogP contribution in [0.5, 0.6) is 0 Å². The molecule has 210 valence electrons. The van der Waals surface area contributed by atoms with Crippen molar-refractivity contribution in [2.75, 3.05) is 41.8 Å². The fourth-order valence-corrected chi connectivity index (χ4v) is 4.83. The Kier molecular flexibility index (Phi) is 6.60. The zero-order valence-corrected chi connectivity index (χ0v) is 22.1. The Morgan fingerprint density at radius 3 is 2.57 bits per heavy atom. The van der Waals surface area contributed by atoms with Gasteiger partial charge in [-0.1, -0.05) is 53.6 Å². The lowest BCUT2D eigenvalue weighted by atomic mass is 10.0. The number of para-hydroxylation sites is 1. The fourth-order valence-electron chi connectivity index (χ4n) is 4.83. The highest BCUT2D eigenvalue weighted by molar-refractivity contribution is 6.19. The molecule has 0 bridgehead atoms. The van der Waals surface area contributed by atoms with Crippen LogP contribution in [0.1, 0.15) is 11.1 Å². The van der Waals surface area contributed by atoms with Gasteiger partial charge in [-0.2, -0.15) is 0 Å². The first-order valence-electron chi connectivity index (χ1n) is 13.3. The predicted molar refractivity (Wildman–Crippen MR) is 152 cm³/mol. The van der Waals surface area contributed by atoms with Gasteiger partial charge < -0.3 is 24.7 Å². The summed E-state index contributed by atoms with van der Waals surface area (Å²) in [5, 5.41) is 19.0. The predicted octanol–water partition coefficient (Wildman–Crippen LogP) is 3.52. The number of ether oxygens (including phenoxy) is 1. The van der Waals surface area contributed by atoms with E-state index in [4.69, 9.17) is 19.2 Å². The number of rotatable bonds is 6. The Bertz CT molecular complexity index is 1760. The molecule has 1 saturated heterocycles. The molecule has 0 radical (unpaired) electrons. The number of aromatic nitrogens is 5. The number of benzene rings is 2. The molecule has 42 heavy (non-hydrogen) atoms. The van der Waals surface area contributed by atoms with Gasteiger partial charge in [0.2, 0.25) is 6.17 Å². The molecule has 0 spiro atoms. The number of carbonyl (C=O) groups excluding carboxylic acids is 1. The third-order valence-electron chi connectivity index (χ3n) is 6.86. The molecule has 1 amide bonds. The highest BCUT2D eigenvalue weighted by atomic mass is 19.1. The molecule has 0 saturated carbocycles. The smallest absolute Gasteiger partial charge is 0.317 e. The van der Waals surface area contributed by atoms with Crippen LogP contribution in [-0.2, 0) is 9.53 Å². The van der Waals surface area contributed by atoms with E-state index in [-0.39, 0.29) is 17.8 Å². The molecule has 1 fully saturated rings. The second-order valence-electron chi connectivity index (χ2n) is 9.58. The molecular weight excluding hydrogens is 541 g/mol. The number of hydrogen-bond donors (Lipinski definition) is 2. The maximum Gasteiger partial charge on any atom is 0.317 e. The standard InChI is InChI=1S/C29H24FN9O3/c30-19-10-11-23(31-16-19)39-17-21(26(37-39)38-12-14-41-15-13-38)28-35-36-29(42-28)34-25-27(40)32-22-9-5-4-8-20(22)24(33-25)18-6-2-1-3-7-18/h1-11,16-17,25H,12-15H2,(H,32,40)(H,34,36)/t25-/m1/s1. The van der Waals surface area contributed by atoms with Crippen LogP contribution < -0.4 is 15.5 Å². The van der Waals surface area contributed by atoms with Gasteiger partial charge in [0.25, 0.3) is 11.8 Å². The number of fused-ring (bicyclic) bond motifs is 1. The van der Waals surface area contributed by atoms with Gasteiger partial charge in [-0.15, -0.1) is 10.2 Å². The summed E-state index contributed by atoms with van der Waals surface area (Å²) in [6.07, 6.45) is 1.77. The second kappa shape index (κ2) is 10.9. The molecule has 7 rings (SSSR count). The average molecular weight is 566 g/mol. The van der Waals surface area contributed by atoms with Crippen molar-refractivity contribution in [3.05, 3.63) is 96.1 Å². The van der Waals surface area contributed by atoms with Crippen molar-refractivity contribution in [2.24, 2.45) is 4.99 Å². The Morgan fingerprint density at radius 1 is 0.952 bits per heavy atom. The lowest BCUT2D eigenvalue weighted by Gasteiger charge is -2.27. The molecule has 2 N–H and O–H groups in total. The van der Waals surface area contributed by atoms with E-state index in [0.29, 0.717) is 54.9 Å². The van der Waals surface area contributed by atoms with E-state index in [1.165, 1.54) is 16.8 Å². The first-order valence-corrected chi connectivity index (χ1v) is 13.3. The van der Waals surface area contributed by atoms with Gasteiger partial charge in [-0.05, 0) is 18.2 Å². The first-order chi connectivity index (χ1) is 20.6. The summed E-state index contributed by atoms with van der Waals surface area (Å²) in [4.78, 5) is 24.2. The minimum atomic E-state index is -1.05. The summed E-state index contributed by atoms with van der Waals surface area (Å²) in [6, 6.07) is 20.0. The Labute approximate surface area is 238 Å². The summed E-state index contributed by atoms with van der Waals surface area (Å²) < 4.78 is 26.5. The Balaban J connectivity index is 1.22. The van der Waals surface area contributed by atoms with Crippen molar-refractivity contribution in [3.63, 3.8) is 0 Å². The van der Waals surface area contributed by atoms with Crippen molar-refractivity contribution in [1.29, 1.82) is 0 Å². The van der Waals surface area contributed by atoms with E-state index >= 15 is 0 Å². The molecule has 2 aromatic carbocycles. The molecule has 13 heteroatoms. The quantitative estimate of drug-likeness (QED) is 0.317. The number of pyridine rings is 1. The average Bonchev–Trinajstić information content (AvgIpc) is 3.65. The first kappa shape index (κ1) is 25.5. The number of morpholine rings is 1. The lowest BCUT2D eigenvalue weighted by molar-refractivity contribution is -0.116. The van der Waals surface area contributed by atoms with Crippen LogP contribution in [0, 0.1) is 5.82 Å². The third kappa shape index (κ3) is 4.97. The Morgan fingerprint density at radius 2 is 1.76 bits per heavy atom. The maximum absolute atomic E-state index is 13.5. The molecule has 0 aliphatic carbocycles. The largest absolute Gasteiger partial charge is 0.403 e. The zero-order valence-electron chi connectivity index (χ0n) is 22.1. The maximum atomic E-state index is 13.5. The van der Waals surface area contributed by atoms with Crippen LogP contribution >= 0.6 is 0 Å². The fraction of sp³-hybridized carbons (Fsp3) is 0.172. The number of nitrogens with zero attached hydrogens (tertiary/aromatic N) is 7. The van der Waals surface area contributed by atoms with Crippen molar-refractivity contribution < 1.29 is 18.3 Å². The van der Waals surface area contributed by atoms with E-state index < -0.39 is 12.0 Å². The van der Waals surface area contributed by atoms with Crippen LogP contribution in [0.15, 0.2) is 88.5 Å². The molecule has 2 aliphatic rings. The summed E-state index contributed by atoms with van der Waals surface area (Å²) in [5.41, 5.74) is 3.50. The van der Waals surface area contributed by atoms with Crippen LogP contribution in [0.4, 0.5) is 21.9 Å². The van der Waals surface area contributed by atoms with Gasteiger partial charge in [0.1, 0.15) is 11.4 Å². The molecular formula is C29H24FN9O3.